The minimum Gasteiger partial charge on any atom is -0.455 e. The molecule has 0 amide bonds. The molecule has 1 atom stereocenters. The van der Waals surface area contributed by atoms with Crippen LogP contribution in [0.15, 0.2) is 64.2 Å². The van der Waals surface area contributed by atoms with E-state index in [4.69, 9.17) is 43.1 Å². The van der Waals surface area contributed by atoms with Crippen molar-refractivity contribution in [2.75, 3.05) is 19.5 Å². The third kappa shape index (κ3) is 6.39. The second-order valence-corrected chi connectivity index (χ2v) is 11.5. The summed E-state index contributed by atoms with van der Waals surface area (Å²) < 4.78 is 64.6. The van der Waals surface area contributed by atoms with E-state index < -0.39 is 20.7 Å². The maximum absolute atomic E-state index is 15.2. The molecule has 5 rings (SSSR count). The first-order valence-corrected chi connectivity index (χ1v) is 14.6. The third-order valence-electron chi connectivity index (χ3n) is 6.19. The summed E-state index contributed by atoms with van der Waals surface area (Å²) in [5.41, 5.74) is 7.17. The Kier molecular flexibility index (Phi) is 8.61. The number of methoxy groups -OCH3 is 1. The molecule has 216 valence electrons. The van der Waals surface area contributed by atoms with E-state index in [1.165, 1.54) is 30.1 Å². The number of ether oxygens (including phenoxy) is 3. The van der Waals surface area contributed by atoms with E-state index in [0.717, 1.165) is 31.4 Å². The van der Waals surface area contributed by atoms with E-state index in [0.29, 0.717) is 22.8 Å². The van der Waals surface area contributed by atoms with Crippen LogP contribution in [-0.2, 0) is 26.2 Å². The van der Waals surface area contributed by atoms with Gasteiger partial charge in [-0.25, -0.2) is 13.8 Å². The number of nitrogens with zero attached hydrogens (tertiary/aromatic N) is 5. The molecule has 2 N–H and O–H groups in total. The van der Waals surface area contributed by atoms with E-state index in [9.17, 15) is 8.42 Å². The molecule has 3 heterocycles. The Labute approximate surface area is 244 Å². The van der Waals surface area contributed by atoms with Gasteiger partial charge in [0.05, 0.1) is 5.02 Å². The fraction of sp³-hybridized carbons (Fsp3) is 0.269. The standard InChI is InChI=1S/C26H25Cl2FN6O5S/c1-38-15-35-24(5-4-9-31-35)33-41(36,37)23-12-19(28)22(13-20(23)29)40-21-8-7-16(27)11-17(21)18-14-34(32-26(18)30)25-6-2-3-10-39-25/h4-5,7-9,11-14,25H,2-3,6,10,15H2,1H3,(H2,30,32). The number of hydrogen-bond acceptors (Lipinski definition) is 8. The van der Waals surface area contributed by atoms with Gasteiger partial charge < -0.3 is 19.9 Å². The van der Waals surface area contributed by atoms with Gasteiger partial charge >= 0.3 is 0 Å². The van der Waals surface area contributed by atoms with E-state index in [1.807, 2.05) is 0 Å². The quantitative estimate of drug-likeness (QED) is 0.284. The molecule has 0 bridgehead atoms. The zero-order chi connectivity index (χ0) is 29.1. The van der Waals surface area contributed by atoms with Crippen molar-refractivity contribution < 1.29 is 27.0 Å². The molecule has 1 aliphatic rings. The average molecular weight is 623 g/mol. The van der Waals surface area contributed by atoms with Gasteiger partial charge in [-0.05, 0) is 55.7 Å². The number of benzene rings is 2. The van der Waals surface area contributed by atoms with Crippen LogP contribution in [0.25, 0.3) is 11.1 Å². The molecule has 2 aromatic heterocycles. The smallest absolute Gasteiger partial charge is 0.287 e. The van der Waals surface area contributed by atoms with Crippen molar-refractivity contribution in [2.45, 2.75) is 37.1 Å². The van der Waals surface area contributed by atoms with Crippen molar-refractivity contribution in [2.24, 2.45) is 4.40 Å². The number of nitrogen functional groups attached to an aromatic ring is 1. The third-order valence-corrected chi connectivity index (χ3v) is 8.02. The van der Waals surface area contributed by atoms with Crippen molar-refractivity contribution in [3.63, 3.8) is 0 Å². The number of sulfonamides is 1. The van der Waals surface area contributed by atoms with Crippen molar-refractivity contribution in [1.29, 1.82) is 0 Å². The first-order chi connectivity index (χ1) is 19.7. The van der Waals surface area contributed by atoms with Gasteiger partial charge in [-0.15, -0.1) is 4.40 Å². The van der Waals surface area contributed by atoms with Gasteiger partial charge in [0.25, 0.3) is 10.0 Å². The minimum atomic E-state index is -4.53. The van der Waals surface area contributed by atoms with Gasteiger partial charge in [0.15, 0.2) is 11.3 Å². The van der Waals surface area contributed by atoms with Gasteiger partial charge in [-0.3, -0.25) is 0 Å². The maximum Gasteiger partial charge on any atom is 0.287 e. The summed E-state index contributed by atoms with van der Waals surface area (Å²) in [5.74, 6) is -0.799. The van der Waals surface area contributed by atoms with Crippen molar-refractivity contribution in [3.8, 4) is 22.6 Å². The van der Waals surface area contributed by atoms with Crippen LogP contribution in [0.4, 0.5) is 10.2 Å². The zero-order valence-corrected chi connectivity index (χ0v) is 24.0. The number of aromatic nitrogens is 4. The minimum absolute atomic E-state index is 0.0623. The highest BCUT2D eigenvalue weighted by Gasteiger charge is 2.24. The second-order valence-electron chi connectivity index (χ2n) is 9.05. The molecule has 1 saturated heterocycles. The largest absolute Gasteiger partial charge is 0.455 e. The zero-order valence-electron chi connectivity index (χ0n) is 21.7. The Morgan fingerprint density at radius 2 is 2.00 bits per heavy atom. The van der Waals surface area contributed by atoms with Crippen molar-refractivity contribution >= 4 is 39.0 Å². The summed E-state index contributed by atoms with van der Waals surface area (Å²) in [6, 6.07) is 9.47. The molecule has 41 heavy (non-hydrogen) atoms. The highest BCUT2D eigenvalue weighted by molar-refractivity contribution is 7.90. The van der Waals surface area contributed by atoms with Gasteiger partial charge in [0.1, 0.15) is 35.2 Å². The number of rotatable bonds is 8. The molecule has 2 aromatic carbocycles. The van der Waals surface area contributed by atoms with Crippen LogP contribution in [-0.4, -0.2) is 41.7 Å². The molecule has 11 nitrogen and oxygen atoms in total. The van der Waals surface area contributed by atoms with Crippen LogP contribution >= 0.6 is 23.2 Å². The molecule has 1 aliphatic heterocycles. The van der Waals surface area contributed by atoms with E-state index >= 15 is 4.39 Å². The summed E-state index contributed by atoms with van der Waals surface area (Å²) in [4.78, 5) is -0.739. The molecule has 0 saturated carbocycles. The predicted molar refractivity (Wildman–Crippen MR) is 149 cm³/mol. The summed E-state index contributed by atoms with van der Waals surface area (Å²) in [5, 5.41) is 8.62. The van der Waals surface area contributed by atoms with Gasteiger partial charge in [-0.2, -0.15) is 18.6 Å². The Morgan fingerprint density at radius 1 is 1.17 bits per heavy atom. The lowest BCUT2D eigenvalue weighted by molar-refractivity contribution is -0.0392. The normalized spacial score (nSPS) is 16.2. The van der Waals surface area contributed by atoms with Crippen LogP contribution in [0.5, 0.6) is 11.5 Å². The molecular formula is C26H25Cl2FN6O5S. The molecule has 1 fully saturated rings. The Morgan fingerprint density at radius 3 is 2.76 bits per heavy atom. The highest BCUT2D eigenvalue weighted by Crippen LogP contribution is 2.41. The molecule has 1 unspecified atom stereocenters. The maximum atomic E-state index is 15.2. The summed E-state index contributed by atoms with van der Waals surface area (Å²) in [6.45, 7) is 0.565. The fourth-order valence-electron chi connectivity index (χ4n) is 4.26. The Balaban J connectivity index is 1.49. The number of halogens is 3. The van der Waals surface area contributed by atoms with Crippen molar-refractivity contribution in [3.05, 3.63) is 76.2 Å². The first kappa shape index (κ1) is 29.0. The highest BCUT2D eigenvalue weighted by atomic mass is 35.5. The topological polar surface area (TPSA) is 136 Å². The predicted octanol–water partition coefficient (Wildman–Crippen LogP) is 5.16. The van der Waals surface area contributed by atoms with Gasteiger partial charge in [-0.1, -0.05) is 23.2 Å². The van der Waals surface area contributed by atoms with Crippen LogP contribution < -0.4 is 16.0 Å². The Hall–Kier alpha value is -3.49. The average Bonchev–Trinajstić information content (AvgIpc) is 3.34. The molecule has 0 radical (unpaired) electrons. The van der Waals surface area contributed by atoms with Crippen LogP contribution in [0.3, 0.4) is 0 Å². The second kappa shape index (κ2) is 12.2. The number of hydrogen-bond donors (Lipinski definition) is 1. The summed E-state index contributed by atoms with van der Waals surface area (Å²) >= 11 is 12.7. The Bertz CT molecular complexity index is 1760. The molecule has 4 aromatic rings. The summed E-state index contributed by atoms with van der Waals surface area (Å²) in [6.07, 6.45) is 5.70. The van der Waals surface area contributed by atoms with Crippen LogP contribution in [0.2, 0.25) is 10.0 Å². The van der Waals surface area contributed by atoms with E-state index in [1.54, 1.807) is 29.1 Å². The van der Waals surface area contributed by atoms with Crippen LogP contribution in [0, 0.1) is 5.82 Å². The number of nitrogens with two attached hydrogens (primary N) is 1. The van der Waals surface area contributed by atoms with Crippen LogP contribution in [0.1, 0.15) is 25.5 Å². The lowest BCUT2D eigenvalue weighted by Crippen LogP contribution is -2.25. The molecular weight excluding hydrogens is 598 g/mol. The lowest BCUT2D eigenvalue weighted by atomic mass is 10.1. The SMILES string of the molecule is COCn1ncccc1=NS(=O)(=O)c1cc(Cl)c(Oc2ccc(Cl)cc2-c2cn(C3CCCCO3)nc2N)cc1F. The first-order valence-electron chi connectivity index (χ1n) is 12.4. The fourth-order valence-corrected chi connectivity index (χ4v) is 5.78. The molecule has 0 aliphatic carbocycles. The summed E-state index contributed by atoms with van der Waals surface area (Å²) in [7, 11) is -3.12. The lowest BCUT2D eigenvalue weighted by Gasteiger charge is -2.22. The van der Waals surface area contributed by atoms with Crippen molar-refractivity contribution in [1.82, 2.24) is 19.6 Å². The molecule has 0 spiro atoms. The van der Waals surface area contributed by atoms with Gasteiger partial charge in [0.2, 0.25) is 0 Å². The molecule has 15 heteroatoms. The monoisotopic (exact) mass is 622 g/mol. The number of anilines is 1. The van der Waals surface area contributed by atoms with Gasteiger partial charge in [0, 0.05) is 48.3 Å². The van der Waals surface area contributed by atoms with E-state index in [2.05, 4.69) is 14.6 Å². The van der Waals surface area contributed by atoms with E-state index in [-0.39, 0.29) is 40.8 Å².